The van der Waals surface area contributed by atoms with E-state index in [-0.39, 0.29) is 17.3 Å². The van der Waals surface area contributed by atoms with Gasteiger partial charge in [0.05, 0.1) is 5.56 Å². The molecule has 1 nitrogen and oxygen atoms in total. The van der Waals surface area contributed by atoms with Gasteiger partial charge in [-0.2, -0.15) is 0 Å². The van der Waals surface area contributed by atoms with Gasteiger partial charge in [-0.3, -0.25) is 4.79 Å². The molecule has 1 aliphatic rings. The van der Waals surface area contributed by atoms with E-state index in [9.17, 15) is 13.6 Å². The number of hydrogen-bond acceptors (Lipinski definition) is 1. The first-order valence-corrected chi connectivity index (χ1v) is 5.68. The van der Waals surface area contributed by atoms with Gasteiger partial charge in [0.15, 0.2) is 5.78 Å². The molecule has 0 aliphatic heterocycles. The van der Waals surface area contributed by atoms with Crippen molar-refractivity contribution >= 4 is 5.78 Å². The molecule has 86 valence electrons. The lowest BCUT2D eigenvalue weighted by Crippen LogP contribution is -2.20. The number of carbonyl (C=O) groups excluding carboxylic acids is 1. The number of ketones is 1. The highest BCUT2D eigenvalue weighted by atomic mass is 19.1. The fourth-order valence-corrected chi connectivity index (χ4v) is 2.30. The van der Waals surface area contributed by atoms with E-state index < -0.39 is 11.6 Å². The number of benzene rings is 1. The van der Waals surface area contributed by atoms with Crippen LogP contribution < -0.4 is 0 Å². The number of halogens is 2. The Balaban J connectivity index is 2.26. The summed E-state index contributed by atoms with van der Waals surface area (Å²) in [5.74, 6) is -2.04. The minimum Gasteiger partial charge on any atom is -0.294 e. The van der Waals surface area contributed by atoms with Crippen molar-refractivity contribution in [1.29, 1.82) is 0 Å². The summed E-state index contributed by atoms with van der Waals surface area (Å²) in [7, 11) is 0. The molecule has 3 heteroatoms. The molecule has 1 fully saturated rings. The Bertz CT molecular complexity index is 375. The van der Waals surface area contributed by atoms with Gasteiger partial charge in [0.25, 0.3) is 0 Å². The Morgan fingerprint density at radius 2 is 1.62 bits per heavy atom. The molecule has 1 aromatic carbocycles. The van der Waals surface area contributed by atoms with Gasteiger partial charge in [0.2, 0.25) is 0 Å². The Kier molecular flexibility index (Phi) is 3.32. The largest absolute Gasteiger partial charge is 0.294 e. The van der Waals surface area contributed by atoms with Gasteiger partial charge in [-0.15, -0.1) is 0 Å². The molecule has 0 bridgehead atoms. The second kappa shape index (κ2) is 4.73. The first kappa shape index (κ1) is 11.2. The average molecular weight is 224 g/mol. The van der Waals surface area contributed by atoms with Crippen LogP contribution in [0.15, 0.2) is 18.2 Å². The second-order valence-corrected chi connectivity index (χ2v) is 4.30. The molecule has 0 amide bonds. The molecule has 1 saturated carbocycles. The van der Waals surface area contributed by atoms with Crippen LogP contribution in [0.4, 0.5) is 8.78 Å². The fraction of sp³-hybridized carbons (Fsp3) is 0.462. The zero-order valence-electron chi connectivity index (χ0n) is 9.01. The van der Waals surface area contributed by atoms with Gasteiger partial charge in [-0.1, -0.05) is 25.3 Å². The molecule has 0 atom stereocenters. The van der Waals surface area contributed by atoms with Crippen molar-refractivity contribution in [2.75, 3.05) is 0 Å². The highest BCUT2D eigenvalue weighted by Gasteiger charge is 2.26. The number of rotatable bonds is 2. The Labute approximate surface area is 93.5 Å². The van der Waals surface area contributed by atoms with Gasteiger partial charge >= 0.3 is 0 Å². The van der Waals surface area contributed by atoms with E-state index in [1.807, 2.05) is 0 Å². The predicted octanol–water partition coefficient (Wildman–Crippen LogP) is 3.73. The smallest absolute Gasteiger partial charge is 0.171 e. The van der Waals surface area contributed by atoms with Crippen LogP contribution in [0.1, 0.15) is 42.5 Å². The maximum absolute atomic E-state index is 13.4. The third kappa shape index (κ3) is 2.13. The fourth-order valence-electron chi connectivity index (χ4n) is 2.30. The van der Waals surface area contributed by atoms with E-state index in [0.29, 0.717) is 0 Å². The third-order valence-electron chi connectivity index (χ3n) is 3.19. The summed E-state index contributed by atoms with van der Waals surface area (Å²) in [6.07, 6.45) is 4.59. The molecule has 0 radical (unpaired) electrons. The van der Waals surface area contributed by atoms with Crippen LogP contribution in [0.5, 0.6) is 0 Å². The summed E-state index contributed by atoms with van der Waals surface area (Å²) in [5, 5.41) is 0. The molecule has 2 rings (SSSR count). The van der Waals surface area contributed by atoms with Gasteiger partial charge in [0.1, 0.15) is 11.6 Å². The monoisotopic (exact) mass is 224 g/mol. The van der Waals surface area contributed by atoms with E-state index >= 15 is 0 Å². The van der Waals surface area contributed by atoms with Gasteiger partial charge < -0.3 is 0 Å². The molecular weight excluding hydrogens is 210 g/mol. The van der Waals surface area contributed by atoms with Crippen molar-refractivity contribution in [3.05, 3.63) is 35.4 Å². The van der Waals surface area contributed by atoms with Crippen molar-refractivity contribution in [3.8, 4) is 0 Å². The normalized spacial score (nSPS) is 17.4. The SMILES string of the molecule is O=C(c1c(F)cccc1F)C1CCCCC1. The maximum Gasteiger partial charge on any atom is 0.171 e. The van der Waals surface area contributed by atoms with Crippen LogP contribution in [0, 0.1) is 17.6 Å². The lowest BCUT2D eigenvalue weighted by atomic mass is 9.83. The minimum atomic E-state index is -0.740. The molecule has 0 spiro atoms. The van der Waals surface area contributed by atoms with E-state index in [2.05, 4.69) is 0 Å². The molecule has 1 aliphatic carbocycles. The zero-order chi connectivity index (χ0) is 11.5. The Morgan fingerprint density at radius 3 is 2.19 bits per heavy atom. The minimum absolute atomic E-state index is 0.194. The summed E-state index contributed by atoms with van der Waals surface area (Å²) < 4.78 is 26.8. The number of Topliss-reactive ketones (excluding diaryl/α,β-unsaturated/α-hetero) is 1. The van der Waals surface area contributed by atoms with Crippen molar-refractivity contribution < 1.29 is 13.6 Å². The second-order valence-electron chi connectivity index (χ2n) is 4.30. The van der Waals surface area contributed by atoms with Gasteiger partial charge in [-0.05, 0) is 25.0 Å². The summed E-state index contributed by atoms with van der Waals surface area (Å²) in [5.41, 5.74) is -0.352. The van der Waals surface area contributed by atoms with Gasteiger partial charge in [0, 0.05) is 5.92 Å². The molecule has 0 aromatic heterocycles. The molecular formula is C13H14F2O. The molecule has 0 N–H and O–H groups in total. The highest BCUT2D eigenvalue weighted by molar-refractivity contribution is 5.98. The van der Waals surface area contributed by atoms with Crippen molar-refractivity contribution in [1.82, 2.24) is 0 Å². The van der Waals surface area contributed by atoms with E-state index in [4.69, 9.17) is 0 Å². The topological polar surface area (TPSA) is 17.1 Å². The first-order valence-electron chi connectivity index (χ1n) is 5.68. The number of hydrogen-bond donors (Lipinski definition) is 0. The highest BCUT2D eigenvalue weighted by Crippen LogP contribution is 2.28. The zero-order valence-corrected chi connectivity index (χ0v) is 9.01. The lowest BCUT2D eigenvalue weighted by molar-refractivity contribution is 0.0880. The molecule has 1 aromatic rings. The predicted molar refractivity (Wildman–Crippen MR) is 57.3 cm³/mol. The van der Waals surface area contributed by atoms with Crippen LogP contribution in [0.25, 0.3) is 0 Å². The van der Waals surface area contributed by atoms with Crippen molar-refractivity contribution in [2.45, 2.75) is 32.1 Å². The third-order valence-corrected chi connectivity index (χ3v) is 3.19. The summed E-state index contributed by atoms with van der Waals surface area (Å²) in [6, 6.07) is 3.56. The summed E-state index contributed by atoms with van der Waals surface area (Å²) in [6.45, 7) is 0. The Morgan fingerprint density at radius 1 is 1.06 bits per heavy atom. The van der Waals surface area contributed by atoms with E-state index in [1.54, 1.807) is 0 Å². The quantitative estimate of drug-likeness (QED) is 0.699. The Hall–Kier alpha value is -1.25. The van der Waals surface area contributed by atoms with Gasteiger partial charge in [-0.25, -0.2) is 8.78 Å². The van der Waals surface area contributed by atoms with Crippen LogP contribution in [0.3, 0.4) is 0 Å². The van der Waals surface area contributed by atoms with Crippen LogP contribution in [-0.2, 0) is 0 Å². The van der Waals surface area contributed by atoms with Crippen LogP contribution >= 0.6 is 0 Å². The van der Waals surface area contributed by atoms with E-state index in [0.717, 1.165) is 44.2 Å². The molecule has 0 unspecified atom stereocenters. The first-order chi connectivity index (χ1) is 7.70. The summed E-state index contributed by atoms with van der Waals surface area (Å²) in [4.78, 5) is 12.0. The number of carbonyl (C=O) groups is 1. The molecule has 16 heavy (non-hydrogen) atoms. The lowest BCUT2D eigenvalue weighted by Gasteiger charge is -2.20. The van der Waals surface area contributed by atoms with Crippen LogP contribution in [0.2, 0.25) is 0 Å². The average Bonchev–Trinajstić information content (AvgIpc) is 2.30. The van der Waals surface area contributed by atoms with Crippen molar-refractivity contribution in [2.24, 2.45) is 5.92 Å². The molecule has 0 heterocycles. The molecule has 0 saturated heterocycles. The van der Waals surface area contributed by atoms with Crippen molar-refractivity contribution in [3.63, 3.8) is 0 Å². The van der Waals surface area contributed by atoms with Crippen LogP contribution in [-0.4, -0.2) is 5.78 Å². The standard InChI is InChI=1S/C13H14F2O/c14-10-7-4-8-11(15)12(10)13(16)9-5-2-1-3-6-9/h4,7-9H,1-3,5-6H2. The summed E-state index contributed by atoms with van der Waals surface area (Å²) >= 11 is 0. The van der Waals surface area contributed by atoms with E-state index in [1.165, 1.54) is 6.07 Å². The maximum atomic E-state index is 13.4.